The molecule has 0 heterocycles. The van der Waals surface area contributed by atoms with Crippen LogP contribution in [0.2, 0.25) is 0 Å². The van der Waals surface area contributed by atoms with Crippen molar-refractivity contribution in [1.82, 2.24) is 4.31 Å². The molecule has 0 fully saturated rings. The van der Waals surface area contributed by atoms with E-state index in [2.05, 4.69) is 4.74 Å². The molecule has 0 atom stereocenters. The first-order valence-electron chi connectivity index (χ1n) is 7.60. The van der Waals surface area contributed by atoms with Crippen molar-refractivity contribution in [2.75, 3.05) is 14.1 Å². The summed E-state index contributed by atoms with van der Waals surface area (Å²) in [6.45, 7) is 0. The number of benzene rings is 2. The van der Waals surface area contributed by atoms with Gasteiger partial charge in [0.15, 0.2) is 5.78 Å². The van der Waals surface area contributed by atoms with Crippen LogP contribution in [0.5, 0.6) is 5.75 Å². The van der Waals surface area contributed by atoms with Crippen molar-refractivity contribution >= 4 is 21.9 Å². The molecule has 5 nitrogen and oxygen atoms in total. The van der Waals surface area contributed by atoms with E-state index >= 15 is 0 Å². The Morgan fingerprint density at radius 2 is 1.63 bits per heavy atom. The number of nitrogens with zero attached hydrogens (tertiary/aromatic N) is 1. The Bertz CT molecular complexity index is 949. The molecule has 27 heavy (non-hydrogen) atoms. The third-order valence-corrected chi connectivity index (χ3v) is 5.31. The van der Waals surface area contributed by atoms with E-state index in [4.69, 9.17) is 0 Å². The van der Waals surface area contributed by atoms with Gasteiger partial charge in [-0.2, -0.15) is 0 Å². The molecule has 0 saturated carbocycles. The number of sulfonamides is 1. The highest BCUT2D eigenvalue weighted by Crippen LogP contribution is 2.27. The van der Waals surface area contributed by atoms with Gasteiger partial charge in [-0.1, -0.05) is 18.2 Å². The van der Waals surface area contributed by atoms with Gasteiger partial charge in [0.05, 0.1) is 4.90 Å². The number of hydrogen-bond acceptors (Lipinski definition) is 4. The Labute approximate surface area is 154 Å². The van der Waals surface area contributed by atoms with Crippen LogP contribution in [0.1, 0.15) is 15.9 Å². The SMILES string of the molecule is CN(C)S(=O)(=O)c1ccc(C(=O)/C=C/c2ccccc2OC(F)(F)F)cc1. The van der Waals surface area contributed by atoms with Gasteiger partial charge in [0.1, 0.15) is 5.75 Å². The summed E-state index contributed by atoms with van der Waals surface area (Å²) in [7, 11) is -0.844. The van der Waals surface area contributed by atoms with Gasteiger partial charge in [-0.15, -0.1) is 13.2 Å². The van der Waals surface area contributed by atoms with Gasteiger partial charge >= 0.3 is 6.36 Å². The summed E-state index contributed by atoms with van der Waals surface area (Å²) in [5.41, 5.74) is 0.271. The average molecular weight is 399 g/mol. The van der Waals surface area contributed by atoms with Gasteiger partial charge in [-0.3, -0.25) is 4.79 Å². The maximum Gasteiger partial charge on any atom is 0.573 e. The predicted octanol–water partition coefficient (Wildman–Crippen LogP) is 3.73. The molecule has 0 N–H and O–H groups in total. The fraction of sp³-hybridized carbons (Fsp3) is 0.167. The number of carbonyl (C=O) groups is 1. The second kappa shape index (κ2) is 7.93. The van der Waals surface area contributed by atoms with Gasteiger partial charge in [0.25, 0.3) is 0 Å². The topological polar surface area (TPSA) is 63.7 Å². The van der Waals surface area contributed by atoms with Gasteiger partial charge in [-0.25, -0.2) is 12.7 Å². The minimum absolute atomic E-state index is 0.0250. The summed E-state index contributed by atoms with van der Waals surface area (Å²) >= 11 is 0. The molecule has 0 radical (unpaired) electrons. The predicted molar refractivity (Wildman–Crippen MR) is 93.8 cm³/mol. The lowest BCUT2D eigenvalue weighted by atomic mass is 10.1. The molecule has 0 spiro atoms. The van der Waals surface area contributed by atoms with Crippen LogP contribution in [0.25, 0.3) is 6.08 Å². The van der Waals surface area contributed by atoms with Crippen molar-refractivity contribution in [2.45, 2.75) is 11.3 Å². The minimum Gasteiger partial charge on any atom is -0.405 e. The first-order valence-corrected chi connectivity index (χ1v) is 9.04. The molecule has 0 amide bonds. The van der Waals surface area contributed by atoms with Gasteiger partial charge in [0, 0.05) is 25.2 Å². The number of halogens is 3. The van der Waals surface area contributed by atoms with E-state index in [0.29, 0.717) is 0 Å². The van der Waals surface area contributed by atoms with Crippen molar-refractivity contribution in [2.24, 2.45) is 0 Å². The summed E-state index contributed by atoms with van der Waals surface area (Å²) in [5, 5.41) is 0. The maximum atomic E-state index is 12.4. The molecule has 144 valence electrons. The number of para-hydroxylation sites is 1. The highest BCUT2D eigenvalue weighted by Gasteiger charge is 2.31. The van der Waals surface area contributed by atoms with Crippen molar-refractivity contribution in [3.05, 3.63) is 65.7 Å². The number of ether oxygens (including phenoxy) is 1. The van der Waals surface area contributed by atoms with Crippen LogP contribution in [-0.2, 0) is 10.0 Å². The minimum atomic E-state index is -4.85. The zero-order valence-electron chi connectivity index (χ0n) is 14.4. The van der Waals surface area contributed by atoms with Gasteiger partial charge in [-0.05, 0) is 42.5 Å². The molecule has 2 aromatic carbocycles. The molecule has 0 aliphatic heterocycles. The normalized spacial score (nSPS) is 12.5. The summed E-state index contributed by atoms with van der Waals surface area (Å²) in [6.07, 6.45) is -2.55. The summed E-state index contributed by atoms with van der Waals surface area (Å²) in [5.74, 6) is -0.924. The Morgan fingerprint density at radius 3 is 2.19 bits per heavy atom. The lowest BCUT2D eigenvalue weighted by molar-refractivity contribution is -0.274. The van der Waals surface area contributed by atoms with E-state index in [9.17, 15) is 26.4 Å². The molecule has 0 aliphatic rings. The van der Waals surface area contributed by atoms with E-state index in [1.807, 2.05) is 0 Å². The van der Waals surface area contributed by atoms with Crippen LogP contribution in [0.4, 0.5) is 13.2 Å². The molecule has 0 unspecified atom stereocenters. The van der Waals surface area contributed by atoms with Crippen LogP contribution in [-0.4, -0.2) is 39.0 Å². The van der Waals surface area contributed by atoms with Crippen LogP contribution >= 0.6 is 0 Å². The van der Waals surface area contributed by atoms with Crippen LogP contribution in [0, 0.1) is 0 Å². The highest BCUT2D eigenvalue weighted by molar-refractivity contribution is 7.89. The number of hydrogen-bond donors (Lipinski definition) is 0. The smallest absolute Gasteiger partial charge is 0.405 e. The quantitative estimate of drug-likeness (QED) is 0.549. The zero-order chi connectivity index (χ0) is 20.2. The number of alkyl halides is 3. The van der Waals surface area contributed by atoms with Gasteiger partial charge in [0.2, 0.25) is 10.0 Å². The second-order valence-corrected chi connectivity index (χ2v) is 7.75. The lowest BCUT2D eigenvalue weighted by Crippen LogP contribution is -2.22. The van der Waals surface area contributed by atoms with E-state index in [1.54, 1.807) is 0 Å². The Balaban J connectivity index is 2.21. The first kappa shape index (κ1) is 20.7. The molecular weight excluding hydrogens is 383 g/mol. The molecule has 0 aliphatic carbocycles. The molecular formula is C18H16F3NO4S. The van der Waals surface area contributed by atoms with Gasteiger partial charge < -0.3 is 4.74 Å². The van der Waals surface area contributed by atoms with Crippen molar-refractivity contribution in [3.63, 3.8) is 0 Å². The van der Waals surface area contributed by atoms with E-state index in [-0.39, 0.29) is 16.0 Å². The molecule has 2 rings (SSSR count). The van der Waals surface area contributed by atoms with Crippen molar-refractivity contribution < 1.29 is 31.1 Å². The monoisotopic (exact) mass is 399 g/mol. The van der Waals surface area contributed by atoms with Crippen LogP contribution in [0.3, 0.4) is 0 Å². The fourth-order valence-electron chi connectivity index (χ4n) is 2.10. The maximum absolute atomic E-state index is 12.4. The molecule has 2 aromatic rings. The summed E-state index contributed by atoms with van der Waals surface area (Å²) < 4.78 is 66.2. The van der Waals surface area contributed by atoms with E-state index in [1.165, 1.54) is 62.6 Å². The van der Waals surface area contributed by atoms with Crippen LogP contribution < -0.4 is 4.74 Å². The largest absolute Gasteiger partial charge is 0.573 e. The van der Waals surface area contributed by atoms with Crippen molar-refractivity contribution in [3.8, 4) is 5.75 Å². The number of allylic oxidation sites excluding steroid dienone is 1. The van der Waals surface area contributed by atoms with E-state index < -0.39 is 27.9 Å². The fourth-order valence-corrected chi connectivity index (χ4v) is 3.00. The highest BCUT2D eigenvalue weighted by atomic mass is 32.2. The number of ketones is 1. The Hall–Kier alpha value is -2.65. The molecule has 0 aromatic heterocycles. The van der Waals surface area contributed by atoms with E-state index in [0.717, 1.165) is 16.4 Å². The molecule has 0 saturated heterocycles. The zero-order valence-corrected chi connectivity index (χ0v) is 15.2. The number of carbonyl (C=O) groups excluding carboxylic acids is 1. The average Bonchev–Trinajstić information content (AvgIpc) is 2.59. The Kier molecular flexibility index (Phi) is 6.07. The third-order valence-electron chi connectivity index (χ3n) is 3.48. The first-order chi connectivity index (χ1) is 12.5. The third kappa shape index (κ3) is 5.41. The lowest BCUT2D eigenvalue weighted by Gasteiger charge is -2.11. The second-order valence-electron chi connectivity index (χ2n) is 5.60. The number of rotatable bonds is 6. The van der Waals surface area contributed by atoms with Crippen molar-refractivity contribution in [1.29, 1.82) is 0 Å². The molecule has 0 bridgehead atoms. The standard InChI is InChI=1S/C18H16F3NO4S/c1-22(2)27(24,25)15-10-7-13(8-11-15)16(23)12-9-14-5-3-4-6-17(14)26-18(19,20)21/h3-12H,1-2H3/b12-9+. The van der Waals surface area contributed by atoms with Crippen LogP contribution in [0.15, 0.2) is 59.5 Å². The summed E-state index contributed by atoms with van der Waals surface area (Å²) in [4.78, 5) is 12.2. The Morgan fingerprint density at radius 1 is 1.04 bits per heavy atom. The summed E-state index contributed by atoms with van der Waals surface area (Å²) in [6, 6.07) is 10.6. The molecule has 9 heteroatoms.